The molecule has 6 heteroatoms. The quantitative estimate of drug-likeness (QED) is 0.536. The molecule has 0 aliphatic carbocycles. The summed E-state index contributed by atoms with van der Waals surface area (Å²) in [4.78, 5) is 19.0. The van der Waals surface area contributed by atoms with Crippen molar-refractivity contribution in [3.05, 3.63) is 95.1 Å². The lowest BCUT2D eigenvalue weighted by atomic mass is 9.73. The summed E-state index contributed by atoms with van der Waals surface area (Å²) in [6.07, 6.45) is 6.41. The number of nitrogens with one attached hydrogen (secondary N) is 1. The Hall–Kier alpha value is -3.51. The summed E-state index contributed by atoms with van der Waals surface area (Å²) in [6, 6.07) is 17.9. The van der Waals surface area contributed by atoms with Crippen molar-refractivity contribution in [3.8, 4) is 11.6 Å². The second kappa shape index (κ2) is 7.57. The number of aromatic nitrogens is 4. The van der Waals surface area contributed by atoms with E-state index in [1.54, 1.807) is 12.4 Å². The van der Waals surface area contributed by atoms with Crippen LogP contribution in [0.15, 0.2) is 67.1 Å². The number of ether oxygens (including phenoxy) is 1. The summed E-state index contributed by atoms with van der Waals surface area (Å²) in [6.45, 7) is 5.33. The van der Waals surface area contributed by atoms with Crippen LogP contribution in [0.25, 0.3) is 11.6 Å². The van der Waals surface area contributed by atoms with Crippen molar-refractivity contribution in [2.24, 2.45) is 0 Å². The molecule has 0 atom stereocenters. The van der Waals surface area contributed by atoms with E-state index in [1.165, 1.54) is 27.9 Å². The number of aryl methyl sites for hydroxylation is 1. The normalized spacial score (nSPS) is 17.0. The molecule has 1 N–H and O–H groups in total. The standard InChI is InChI=1S/C26H25N5O/c1-18-2-4-20(5-3-18)26(16-32-17-26)21-6-8-22(9-7-21)31-13-10-19-14-29-25(30-23(19)15-31)24-27-11-12-28-24/h2-9,11-12,14H,10,13,15-17H2,1H3,(H,27,28). The molecule has 1 saturated heterocycles. The van der Waals surface area contributed by atoms with E-state index in [9.17, 15) is 0 Å². The molecule has 6 nitrogen and oxygen atoms in total. The highest BCUT2D eigenvalue weighted by atomic mass is 16.5. The molecule has 4 aromatic rings. The average Bonchev–Trinajstić information content (AvgIpc) is 3.34. The molecule has 0 spiro atoms. The molecule has 32 heavy (non-hydrogen) atoms. The van der Waals surface area contributed by atoms with Gasteiger partial charge in [-0.05, 0) is 42.2 Å². The second-order valence-electron chi connectivity index (χ2n) is 8.76. The third kappa shape index (κ3) is 3.19. The highest BCUT2D eigenvalue weighted by Crippen LogP contribution is 2.40. The van der Waals surface area contributed by atoms with Gasteiger partial charge in [0.15, 0.2) is 11.6 Å². The van der Waals surface area contributed by atoms with Crippen LogP contribution in [0.4, 0.5) is 5.69 Å². The Balaban J connectivity index is 1.25. The Kier molecular flexibility index (Phi) is 4.54. The molecule has 0 radical (unpaired) electrons. The molecule has 1 fully saturated rings. The fourth-order valence-corrected chi connectivity index (χ4v) is 4.70. The Morgan fingerprint density at radius 1 is 0.969 bits per heavy atom. The van der Waals surface area contributed by atoms with Crippen molar-refractivity contribution in [2.45, 2.75) is 25.3 Å². The van der Waals surface area contributed by atoms with E-state index in [4.69, 9.17) is 9.72 Å². The topological polar surface area (TPSA) is 66.9 Å². The number of aromatic amines is 1. The molecule has 6 rings (SSSR count). The number of fused-ring (bicyclic) bond motifs is 1. The van der Waals surface area contributed by atoms with Crippen LogP contribution in [-0.4, -0.2) is 39.7 Å². The van der Waals surface area contributed by atoms with Gasteiger partial charge in [-0.25, -0.2) is 15.0 Å². The zero-order valence-electron chi connectivity index (χ0n) is 18.1. The van der Waals surface area contributed by atoms with E-state index < -0.39 is 0 Å². The number of anilines is 1. The van der Waals surface area contributed by atoms with Gasteiger partial charge in [-0.1, -0.05) is 42.0 Å². The number of rotatable bonds is 4. The van der Waals surface area contributed by atoms with Crippen LogP contribution in [0, 0.1) is 6.92 Å². The average molecular weight is 424 g/mol. The van der Waals surface area contributed by atoms with Crippen LogP contribution >= 0.6 is 0 Å². The summed E-state index contributed by atoms with van der Waals surface area (Å²) in [5.41, 5.74) is 7.41. The van der Waals surface area contributed by atoms with E-state index in [0.717, 1.165) is 38.4 Å². The van der Waals surface area contributed by atoms with Gasteiger partial charge in [-0.3, -0.25) is 0 Å². The van der Waals surface area contributed by atoms with Crippen molar-refractivity contribution >= 4 is 5.69 Å². The van der Waals surface area contributed by atoms with Crippen molar-refractivity contribution in [2.75, 3.05) is 24.7 Å². The highest BCUT2D eigenvalue weighted by molar-refractivity contribution is 5.53. The lowest BCUT2D eigenvalue weighted by Crippen LogP contribution is -2.47. The fourth-order valence-electron chi connectivity index (χ4n) is 4.70. The molecule has 2 aliphatic rings. The van der Waals surface area contributed by atoms with Gasteiger partial charge >= 0.3 is 0 Å². The molecule has 0 saturated carbocycles. The minimum absolute atomic E-state index is 0.0358. The van der Waals surface area contributed by atoms with Gasteiger partial charge in [0, 0.05) is 30.8 Å². The van der Waals surface area contributed by atoms with Crippen LogP contribution in [0.1, 0.15) is 27.9 Å². The van der Waals surface area contributed by atoms with E-state index >= 15 is 0 Å². The Morgan fingerprint density at radius 3 is 2.38 bits per heavy atom. The first kappa shape index (κ1) is 19.2. The second-order valence-corrected chi connectivity index (χ2v) is 8.76. The summed E-state index contributed by atoms with van der Waals surface area (Å²) in [5, 5.41) is 0. The smallest absolute Gasteiger partial charge is 0.195 e. The van der Waals surface area contributed by atoms with Gasteiger partial charge in [-0.2, -0.15) is 0 Å². The maximum absolute atomic E-state index is 5.67. The summed E-state index contributed by atoms with van der Waals surface area (Å²) >= 11 is 0. The molecular formula is C26H25N5O. The SMILES string of the molecule is Cc1ccc(C2(c3ccc(N4CCc5cnc(-c6ncc[nH]6)nc5C4)cc3)COC2)cc1. The number of hydrogen-bond donors (Lipinski definition) is 1. The third-order valence-corrected chi connectivity index (χ3v) is 6.74. The number of benzene rings is 2. The minimum Gasteiger partial charge on any atom is -0.379 e. The first-order chi connectivity index (χ1) is 15.7. The van der Waals surface area contributed by atoms with Gasteiger partial charge in [0.05, 0.1) is 30.9 Å². The molecule has 2 aromatic heterocycles. The molecule has 0 bridgehead atoms. The van der Waals surface area contributed by atoms with Crippen LogP contribution in [-0.2, 0) is 23.1 Å². The van der Waals surface area contributed by atoms with Crippen LogP contribution < -0.4 is 4.90 Å². The lowest BCUT2D eigenvalue weighted by molar-refractivity contribution is -0.0379. The van der Waals surface area contributed by atoms with Gasteiger partial charge in [-0.15, -0.1) is 0 Å². The Morgan fingerprint density at radius 2 is 1.72 bits per heavy atom. The van der Waals surface area contributed by atoms with E-state index in [2.05, 4.69) is 75.3 Å². The monoisotopic (exact) mass is 423 g/mol. The highest BCUT2D eigenvalue weighted by Gasteiger charge is 2.42. The summed E-state index contributed by atoms with van der Waals surface area (Å²) < 4.78 is 5.67. The Labute approximate surface area is 187 Å². The first-order valence-corrected chi connectivity index (χ1v) is 11.1. The number of H-pyrrole nitrogens is 1. The van der Waals surface area contributed by atoms with E-state index in [0.29, 0.717) is 11.6 Å². The summed E-state index contributed by atoms with van der Waals surface area (Å²) in [7, 11) is 0. The van der Waals surface area contributed by atoms with Gasteiger partial charge in [0.2, 0.25) is 0 Å². The molecule has 160 valence electrons. The number of nitrogens with zero attached hydrogens (tertiary/aromatic N) is 4. The van der Waals surface area contributed by atoms with Gasteiger partial charge in [0.1, 0.15) is 0 Å². The van der Waals surface area contributed by atoms with Crippen LogP contribution in [0.3, 0.4) is 0 Å². The van der Waals surface area contributed by atoms with E-state index in [-0.39, 0.29) is 5.41 Å². The predicted molar refractivity (Wildman–Crippen MR) is 124 cm³/mol. The zero-order valence-corrected chi connectivity index (χ0v) is 18.1. The molecule has 0 unspecified atom stereocenters. The summed E-state index contributed by atoms with van der Waals surface area (Å²) in [5.74, 6) is 1.36. The van der Waals surface area contributed by atoms with Crippen molar-refractivity contribution in [1.82, 2.24) is 19.9 Å². The van der Waals surface area contributed by atoms with E-state index in [1.807, 2.05) is 6.20 Å². The van der Waals surface area contributed by atoms with Gasteiger partial charge in [0.25, 0.3) is 0 Å². The molecule has 4 heterocycles. The van der Waals surface area contributed by atoms with Crippen molar-refractivity contribution in [1.29, 1.82) is 0 Å². The zero-order chi connectivity index (χ0) is 21.5. The van der Waals surface area contributed by atoms with Crippen molar-refractivity contribution < 1.29 is 4.74 Å². The maximum atomic E-state index is 5.67. The Bertz CT molecular complexity index is 1230. The lowest BCUT2D eigenvalue weighted by Gasteiger charge is -2.43. The largest absolute Gasteiger partial charge is 0.379 e. The molecular weight excluding hydrogens is 398 g/mol. The molecule has 0 amide bonds. The first-order valence-electron chi connectivity index (χ1n) is 11.1. The maximum Gasteiger partial charge on any atom is 0.195 e. The van der Waals surface area contributed by atoms with Crippen molar-refractivity contribution in [3.63, 3.8) is 0 Å². The number of imidazole rings is 1. The molecule has 2 aliphatic heterocycles. The molecule has 2 aromatic carbocycles. The number of hydrogen-bond acceptors (Lipinski definition) is 5. The van der Waals surface area contributed by atoms with Crippen LogP contribution in [0.2, 0.25) is 0 Å². The van der Waals surface area contributed by atoms with Crippen LogP contribution in [0.5, 0.6) is 0 Å². The minimum atomic E-state index is -0.0358. The third-order valence-electron chi connectivity index (χ3n) is 6.74. The predicted octanol–water partition coefficient (Wildman–Crippen LogP) is 4.05. The fraction of sp³-hybridized carbons (Fsp3) is 0.269. The van der Waals surface area contributed by atoms with Gasteiger partial charge < -0.3 is 14.6 Å².